The van der Waals surface area contributed by atoms with Crippen LogP contribution in [0.15, 0.2) is 36.4 Å². The lowest BCUT2D eigenvalue weighted by Crippen LogP contribution is -2.58. The molecule has 1 fully saturated rings. The van der Waals surface area contributed by atoms with Crippen LogP contribution in [0.1, 0.15) is 67.4 Å². The van der Waals surface area contributed by atoms with Crippen LogP contribution in [-0.2, 0) is 39.5 Å². The number of hydrogen-bond donors (Lipinski definition) is 1. The Kier molecular flexibility index (Phi) is 10.5. The van der Waals surface area contributed by atoms with E-state index in [4.69, 9.17) is 23.7 Å². The van der Waals surface area contributed by atoms with Gasteiger partial charge in [-0.1, -0.05) is 42.5 Å². The molecule has 2 rings (SSSR count). The van der Waals surface area contributed by atoms with E-state index in [2.05, 4.69) is 4.72 Å². The number of benzene rings is 1. The molecule has 0 amide bonds. The minimum absolute atomic E-state index is 0.420. The van der Waals surface area contributed by atoms with Crippen LogP contribution in [0.2, 0.25) is 0 Å². The highest BCUT2D eigenvalue weighted by Crippen LogP contribution is 2.34. The van der Waals surface area contributed by atoms with Gasteiger partial charge < -0.3 is 23.7 Å². The molecule has 0 bridgehead atoms. The van der Waals surface area contributed by atoms with Gasteiger partial charge in [0.1, 0.15) is 11.7 Å². The van der Waals surface area contributed by atoms with E-state index in [1.54, 1.807) is 55.4 Å². The largest absolute Gasteiger partial charge is 0.509 e. The van der Waals surface area contributed by atoms with Crippen molar-refractivity contribution in [2.45, 2.75) is 102 Å². The molecule has 1 aliphatic rings. The average Bonchev–Trinajstić information content (AvgIpc) is 3.08. The highest BCUT2D eigenvalue weighted by atomic mass is 32.2. The van der Waals surface area contributed by atoms with Crippen LogP contribution in [0.3, 0.4) is 0 Å². The first-order chi connectivity index (χ1) is 17.0. The van der Waals surface area contributed by atoms with Crippen LogP contribution in [-0.4, -0.2) is 63.9 Å². The minimum atomic E-state index is -1.66. The second-order valence-corrected chi connectivity index (χ2v) is 13.2. The van der Waals surface area contributed by atoms with Crippen LogP contribution in [0, 0.1) is 0 Å². The van der Waals surface area contributed by atoms with E-state index >= 15 is 0 Å². The second-order valence-electron chi connectivity index (χ2n) is 11.2. The Morgan fingerprint density at radius 2 is 1.73 bits per heavy atom. The zero-order valence-electron chi connectivity index (χ0n) is 23.2. The Labute approximate surface area is 222 Å². The number of nitrogens with one attached hydrogen (secondary N) is 1. The fraction of sp³-hybridized carbons (Fsp3) is 0.630. The molecule has 0 saturated carbocycles. The molecule has 1 N–H and O–H groups in total. The molecule has 5 atom stereocenters. The normalized spacial score (nSPS) is 22.3. The summed E-state index contributed by atoms with van der Waals surface area (Å²) < 4.78 is 43.5. The number of methoxy groups -OCH3 is 1. The van der Waals surface area contributed by atoms with Gasteiger partial charge in [-0.3, -0.25) is 0 Å². The third-order valence-corrected chi connectivity index (χ3v) is 6.82. The summed E-state index contributed by atoms with van der Waals surface area (Å²) in [6.07, 6.45) is 0.355. The van der Waals surface area contributed by atoms with Gasteiger partial charge in [0, 0.05) is 0 Å². The van der Waals surface area contributed by atoms with Crippen LogP contribution < -0.4 is 4.72 Å². The molecule has 1 aromatic carbocycles. The van der Waals surface area contributed by atoms with E-state index in [1.807, 2.05) is 42.5 Å². The summed E-state index contributed by atoms with van der Waals surface area (Å²) in [5, 5.41) is 0. The fourth-order valence-electron chi connectivity index (χ4n) is 3.62. The van der Waals surface area contributed by atoms with Gasteiger partial charge in [0.15, 0.2) is 5.79 Å². The molecular formula is C27H41NO8S. The fourth-order valence-corrected chi connectivity index (χ4v) is 4.47. The number of hydrogen-bond acceptors (Lipinski definition) is 8. The van der Waals surface area contributed by atoms with Crippen LogP contribution in [0.25, 0.3) is 6.08 Å². The van der Waals surface area contributed by atoms with Gasteiger partial charge >= 0.3 is 12.1 Å². The highest BCUT2D eigenvalue weighted by molar-refractivity contribution is 7.84. The molecule has 0 radical (unpaired) electrons. The standard InChI is InChI=1S/C27H41NO8S/c1-25(2,3)36-24(30)33-22(23(29)32-9)20(28-37(31)26(4,5)6)21-19(34-27(7,8)35-21)17-13-16-18-14-11-10-12-15-18/h10-16,19-22,28H,17H2,1-9H3/b16-13+/t19-,20+,21+,22-,37?/m0/s1. The molecular weight excluding hydrogens is 498 g/mol. The van der Waals surface area contributed by atoms with Crippen molar-refractivity contribution in [2.24, 2.45) is 0 Å². The summed E-state index contributed by atoms with van der Waals surface area (Å²) in [4.78, 5) is 25.5. The van der Waals surface area contributed by atoms with Gasteiger partial charge in [0.25, 0.3) is 0 Å². The molecule has 1 aliphatic heterocycles. The van der Waals surface area contributed by atoms with Gasteiger partial charge in [-0.25, -0.2) is 18.5 Å². The molecule has 37 heavy (non-hydrogen) atoms. The van der Waals surface area contributed by atoms with E-state index < -0.39 is 63.6 Å². The summed E-state index contributed by atoms with van der Waals surface area (Å²) in [6, 6.07) is 8.70. The lowest BCUT2D eigenvalue weighted by molar-refractivity contribution is -0.164. The summed E-state index contributed by atoms with van der Waals surface area (Å²) in [5.74, 6) is -1.85. The van der Waals surface area contributed by atoms with Crippen molar-refractivity contribution in [3.63, 3.8) is 0 Å². The van der Waals surface area contributed by atoms with Crippen molar-refractivity contribution in [2.75, 3.05) is 7.11 Å². The minimum Gasteiger partial charge on any atom is -0.466 e. The number of rotatable bonds is 9. The number of ether oxygens (including phenoxy) is 5. The second kappa shape index (κ2) is 12.5. The van der Waals surface area contributed by atoms with Crippen LogP contribution >= 0.6 is 0 Å². The van der Waals surface area contributed by atoms with E-state index in [0.717, 1.165) is 5.56 Å². The third kappa shape index (κ3) is 9.85. The predicted octanol–water partition coefficient (Wildman–Crippen LogP) is 4.52. The van der Waals surface area contributed by atoms with Gasteiger partial charge in [0.05, 0.1) is 35.0 Å². The first-order valence-corrected chi connectivity index (χ1v) is 13.4. The summed E-state index contributed by atoms with van der Waals surface area (Å²) in [5.41, 5.74) is 0.163. The first kappa shape index (κ1) is 31.0. The van der Waals surface area contributed by atoms with Crippen molar-refractivity contribution in [3.05, 3.63) is 42.0 Å². The van der Waals surface area contributed by atoms with E-state index in [1.165, 1.54) is 7.11 Å². The molecule has 0 spiro atoms. The molecule has 0 aliphatic carbocycles. The predicted molar refractivity (Wildman–Crippen MR) is 142 cm³/mol. The Morgan fingerprint density at radius 3 is 2.27 bits per heavy atom. The quantitative estimate of drug-likeness (QED) is 0.456. The zero-order chi connectivity index (χ0) is 28.0. The van der Waals surface area contributed by atoms with Crippen molar-refractivity contribution >= 4 is 29.2 Å². The van der Waals surface area contributed by atoms with Crippen molar-refractivity contribution < 1.29 is 37.5 Å². The van der Waals surface area contributed by atoms with Gasteiger partial charge in [-0.05, 0) is 67.4 Å². The first-order valence-electron chi connectivity index (χ1n) is 12.2. The van der Waals surface area contributed by atoms with Crippen LogP contribution in [0.4, 0.5) is 4.79 Å². The monoisotopic (exact) mass is 539 g/mol. The molecule has 10 heteroatoms. The average molecular weight is 540 g/mol. The molecule has 1 aromatic rings. The summed E-state index contributed by atoms with van der Waals surface area (Å²) >= 11 is 0. The maximum atomic E-state index is 13.2. The molecule has 9 nitrogen and oxygen atoms in total. The van der Waals surface area contributed by atoms with Crippen LogP contribution in [0.5, 0.6) is 0 Å². The van der Waals surface area contributed by atoms with Crippen molar-refractivity contribution in [1.82, 2.24) is 4.72 Å². The summed E-state index contributed by atoms with van der Waals surface area (Å²) in [6.45, 7) is 13.9. The molecule has 1 unspecified atom stereocenters. The van der Waals surface area contributed by atoms with Crippen molar-refractivity contribution in [1.29, 1.82) is 0 Å². The lowest BCUT2D eigenvalue weighted by atomic mass is 9.98. The number of esters is 1. The third-order valence-electron chi connectivity index (χ3n) is 5.23. The number of carbonyl (C=O) groups is 2. The Bertz CT molecular complexity index is 965. The molecule has 208 valence electrons. The van der Waals surface area contributed by atoms with E-state index in [9.17, 15) is 13.8 Å². The van der Waals surface area contributed by atoms with Gasteiger partial charge in [0.2, 0.25) is 6.10 Å². The molecule has 1 heterocycles. The van der Waals surface area contributed by atoms with Crippen molar-refractivity contribution in [3.8, 4) is 0 Å². The lowest BCUT2D eigenvalue weighted by Gasteiger charge is -2.33. The maximum Gasteiger partial charge on any atom is 0.509 e. The SMILES string of the molecule is COC(=O)[C@@H](OC(=O)OC(C)(C)C)[C@H](NS(=O)C(C)(C)C)[C@@H]1OC(C)(C)O[C@H]1C/C=C/c1ccccc1. The Balaban J connectivity index is 2.43. The van der Waals surface area contributed by atoms with E-state index in [0.29, 0.717) is 6.42 Å². The Morgan fingerprint density at radius 1 is 1.11 bits per heavy atom. The smallest absolute Gasteiger partial charge is 0.466 e. The van der Waals surface area contributed by atoms with Gasteiger partial charge in [-0.15, -0.1) is 0 Å². The maximum absolute atomic E-state index is 13.2. The van der Waals surface area contributed by atoms with Gasteiger partial charge in [-0.2, -0.15) is 0 Å². The molecule has 1 saturated heterocycles. The topological polar surface area (TPSA) is 109 Å². The molecule has 0 aromatic heterocycles. The highest BCUT2D eigenvalue weighted by Gasteiger charge is 2.51. The van der Waals surface area contributed by atoms with E-state index in [-0.39, 0.29) is 0 Å². The Hall–Kier alpha value is -2.27. The summed E-state index contributed by atoms with van der Waals surface area (Å²) in [7, 11) is -0.473. The zero-order valence-corrected chi connectivity index (χ0v) is 24.0. The number of carbonyl (C=O) groups excluding carboxylic acids is 2.